The highest BCUT2D eigenvalue weighted by Gasteiger charge is 2.33. The number of hydrogen-bond donors (Lipinski definition) is 1. The third-order valence-electron chi connectivity index (χ3n) is 3.50. The lowest BCUT2D eigenvalue weighted by Crippen LogP contribution is -2.41. The fourth-order valence-electron chi connectivity index (χ4n) is 2.31. The molecule has 3 nitrogen and oxygen atoms in total. The minimum absolute atomic E-state index is 0.0696. The van der Waals surface area contributed by atoms with Gasteiger partial charge in [-0.05, 0) is 36.1 Å². The molecule has 88 valence electrons. The van der Waals surface area contributed by atoms with E-state index in [2.05, 4.69) is 6.07 Å². The van der Waals surface area contributed by atoms with Crippen LogP contribution in [-0.2, 0) is 17.6 Å². The number of methoxy groups -OCH3 is 2. The molecule has 0 fully saturated rings. The van der Waals surface area contributed by atoms with Crippen molar-refractivity contribution in [2.75, 3.05) is 20.8 Å². The minimum atomic E-state index is -0.403. The third kappa shape index (κ3) is 1.93. The van der Waals surface area contributed by atoms with Crippen LogP contribution in [0.2, 0.25) is 0 Å². The van der Waals surface area contributed by atoms with Crippen molar-refractivity contribution in [3.8, 4) is 5.75 Å². The highest BCUT2D eigenvalue weighted by Crippen LogP contribution is 2.32. The van der Waals surface area contributed by atoms with Gasteiger partial charge in [0.1, 0.15) is 5.75 Å². The fraction of sp³-hybridized carbons (Fsp3) is 0.538. The van der Waals surface area contributed by atoms with Gasteiger partial charge in [-0.3, -0.25) is 0 Å². The molecular formula is C13H18O3. The Hall–Kier alpha value is -1.06. The van der Waals surface area contributed by atoms with Crippen LogP contribution in [0.3, 0.4) is 0 Å². The zero-order valence-corrected chi connectivity index (χ0v) is 9.82. The van der Waals surface area contributed by atoms with E-state index < -0.39 is 5.60 Å². The molecule has 1 unspecified atom stereocenters. The van der Waals surface area contributed by atoms with Crippen LogP contribution in [0.15, 0.2) is 18.2 Å². The van der Waals surface area contributed by atoms with Gasteiger partial charge >= 0.3 is 0 Å². The smallest absolute Gasteiger partial charge is 0.119 e. The molecule has 0 radical (unpaired) electrons. The van der Waals surface area contributed by atoms with Gasteiger partial charge in [0.25, 0.3) is 0 Å². The normalized spacial score (nSPS) is 23.9. The van der Waals surface area contributed by atoms with E-state index in [4.69, 9.17) is 9.47 Å². The van der Waals surface area contributed by atoms with Gasteiger partial charge in [0.2, 0.25) is 0 Å². The van der Waals surface area contributed by atoms with Crippen molar-refractivity contribution in [1.82, 2.24) is 0 Å². The maximum Gasteiger partial charge on any atom is 0.119 e. The molecule has 3 heteroatoms. The van der Waals surface area contributed by atoms with Crippen LogP contribution in [0.25, 0.3) is 0 Å². The molecule has 1 aromatic carbocycles. The number of benzene rings is 1. The number of aliphatic hydroxyl groups excluding tert-OH is 1. The zero-order chi connectivity index (χ0) is 11.6. The van der Waals surface area contributed by atoms with Gasteiger partial charge in [-0.15, -0.1) is 0 Å². The summed E-state index contributed by atoms with van der Waals surface area (Å²) in [6, 6.07) is 6.13. The Bertz CT molecular complexity index is 369. The number of aryl methyl sites for hydroxylation is 1. The average Bonchev–Trinajstić information content (AvgIpc) is 2.37. The predicted molar refractivity (Wildman–Crippen MR) is 61.8 cm³/mol. The molecule has 0 saturated heterocycles. The predicted octanol–water partition coefficient (Wildman–Crippen LogP) is 1.56. The summed E-state index contributed by atoms with van der Waals surface area (Å²) in [6.07, 6.45) is 2.58. The van der Waals surface area contributed by atoms with Gasteiger partial charge < -0.3 is 14.6 Å². The monoisotopic (exact) mass is 222 g/mol. The second-order valence-corrected chi connectivity index (χ2v) is 4.36. The first-order valence-corrected chi connectivity index (χ1v) is 5.55. The first kappa shape index (κ1) is 11.4. The highest BCUT2D eigenvalue weighted by atomic mass is 16.5. The maximum absolute atomic E-state index is 9.44. The van der Waals surface area contributed by atoms with Crippen molar-refractivity contribution in [1.29, 1.82) is 0 Å². The van der Waals surface area contributed by atoms with Crippen LogP contribution >= 0.6 is 0 Å². The Kier molecular flexibility index (Phi) is 3.17. The Balaban J connectivity index is 2.30. The van der Waals surface area contributed by atoms with Gasteiger partial charge in [-0.1, -0.05) is 6.07 Å². The maximum atomic E-state index is 9.44. The summed E-state index contributed by atoms with van der Waals surface area (Å²) in [4.78, 5) is 0. The van der Waals surface area contributed by atoms with Gasteiger partial charge in [-0.2, -0.15) is 0 Å². The molecule has 2 rings (SSSR count). The summed E-state index contributed by atoms with van der Waals surface area (Å²) < 4.78 is 10.7. The Morgan fingerprint density at radius 3 is 2.75 bits per heavy atom. The van der Waals surface area contributed by atoms with E-state index in [1.807, 2.05) is 12.1 Å². The Morgan fingerprint density at radius 1 is 1.31 bits per heavy atom. The van der Waals surface area contributed by atoms with Crippen LogP contribution in [0.4, 0.5) is 0 Å². The number of ether oxygens (including phenoxy) is 2. The number of fused-ring (bicyclic) bond motifs is 1. The molecule has 0 amide bonds. The number of rotatable bonds is 3. The van der Waals surface area contributed by atoms with Crippen molar-refractivity contribution >= 4 is 0 Å². The van der Waals surface area contributed by atoms with E-state index in [0.717, 1.165) is 25.0 Å². The summed E-state index contributed by atoms with van der Waals surface area (Å²) in [6.45, 7) is 0.0696. The van der Waals surface area contributed by atoms with E-state index in [-0.39, 0.29) is 6.61 Å². The van der Waals surface area contributed by atoms with Crippen molar-refractivity contribution in [2.24, 2.45) is 0 Å². The summed E-state index contributed by atoms with van der Waals surface area (Å²) in [5.74, 6) is 0.864. The molecule has 0 heterocycles. The average molecular weight is 222 g/mol. The van der Waals surface area contributed by atoms with Crippen LogP contribution in [0.1, 0.15) is 17.5 Å². The lowest BCUT2D eigenvalue weighted by atomic mass is 9.80. The molecule has 0 spiro atoms. The van der Waals surface area contributed by atoms with Crippen molar-refractivity contribution in [3.63, 3.8) is 0 Å². The molecule has 1 aliphatic rings. The van der Waals surface area contributed by atoms with Crippen LogP contribution in [-0.4, -0.2) is 31.5 Å². The van der Waals surface area contributed by atoms with Crippen molar-refractivity contribution < 1.29 is 14.6 Å². The van der Waals surface area contributed by atoms with Crippen LogP contribution in [0.5, 0.6) is 5.75 Å². The third-order valence-corrected chi connectivity index (χ3v) is 3.50. The molecular weight excluding hydrogens is 204 g/mol. The second kappa shape index (κ2) is 4.44. The van der Waals surface area contributed by atoms with Gasteiger partial charge in [0, 0.05) is 13.5 Å². The van der Waals surface area contributed by atoms with Crippen LogP contribution in [0, 0.1) is 0 Å². The van der Waals surface area contributed by atoms with Crippen molar-refractivity contribution in [2.45, 2.75) is 24.9 Å². The lowest BCUT2D eigenvalue weighted by molar-refractivity contribution is -0.0607. The van der Waals surface area contributed by atoms with E-state index in [1.165, 1.54) is 11.1 Å². The van der Waals surface area contributed by atoms with Crippen LogP contribution < -0.4 is 4.74 Å². The molecule has 0 aliphatic heterocycles. The molecule has 1 aromatic rings. The second-order valence-electron chi connectivity index (χ2n) is 4.36. The van der Waals surface area contributed by atoms with Gasteiger partial charge in [0.05, 0.1) is 19.3 Å². The topological polar surface area (TPSA) is 38.7 Å². The molecule has 0 bridgehead atoms. The van der Waals surface area contributed by atoms with Gasteiger partial charge in [0.15, 0.2) is 0 Å². The molecule has 0 aromatic heterocycles. The molecule has 0 saturated carbocycles. The SMILES string of the molecule is COc1ccc2c(c1)CC(CO)(OC)CC2. The fourth-order valence-corrected chi connectivity index (χ4v) is 2.31. The quantitative estimate of drug-likeness (QED) is 0.843. The number of hydrogen-bond acceptors (Lipinski definition) is 3. The molecule has 16 heavy (non-hydrogen) atoms. The Labute approximate surface area is 96.0 Å². The largest absolute Gasteiger partial charge is 0.497 e. The molecule has 1 atom stereocenters. The lowest BCUT2D eigenvalue weighted by Gasteiger charge is -2.35. The first-order chi connectivity index (χ1) is 7.73. The summed E-state index contributed by atoms with van der Waals surface area (Å²) >= 11 is 0. The van der Waals surface area contributed by atoms with E-state index >= 15 is 0 Å². The molecule has 1 aliphatic carbocycles. The van der Waals surface area contributed by atoms with Gasteiger partial charge in [-0.25, -0.2) is 0 Å². The number of aliphatic hydroxyl groups is 1. The zero-order valence-electron chi connectivity index (χ0n) is 9.82. The highest BCUT2D eigenvalue weighted by molar-refractivity contribution is 5.38. The van der Waals surface area contributed by atoms with E-state index in [1.54, 1.807) is 14.2 Å². The molecule has 1 N–H and O–H groups in total. The summed E-state index contributed by atoms with van der Waals surface area (Å²) in [7, 11) is 3.33. The standard InChI is InChI=1S/C13H18O3/c1-15-12-4-3-10-5-6-13(9-14,16-2)8-11(10)7-12/h3-4,7,14H,5-6,8-9H2,1-2H3. The Morgan fingerprint density at radius 2 is 2.12 bits per heavy atom. The van der Waals surface area contributed by atoms with E-state index in [9.17, 15) is 5.11 Å². The first-order valence-electron chi connectivity index (χ1n) is 5.55. The minimum Gasteiger partial charge on any atom is -0.497 e. The summed E-state index contributed by atoms with van der Waals surface area (Å²) in [5, 5.41) is 9.44. The van der Waals surface area contributed by atoms with E-state index in [0.29, 0.717) is 0 Å². The van der Waals surface area contributed by atoms with Crippen molar-refractivity contribution in [3.05, 3.63) is 29.3 Å². The summed E-state index contributed by atoms with van der Waals surface area (Å²) in [5.41, 5.74) is 2.16.